The number of ether oxygens (including phenoxy) is 1. The van der Waals surface area contributed by atoms with E-state index in [1.54, 1.807) is 24.3 Å². The van der Waals surface area contributed by atoms with E-state index in [4.69, 9.17) is 27.9 Å². The fourth-order valence-electron chi connectivity index (χ4n) is 8.18. The van der Waals surface area contributed by atoms with E-state index >= 15 is 9.18 Å². The van der Waals surface area contributed by atoms with Crippen molar-refractivity contribution in [3.63, 3.8) is 0 Å². The summed E-state index contributed by atoms with van der Waals surface area (Å²) in [5, 5.41) is 15.1. The third-order valence-electron chi connectivity index (χ3n) is 10.2. The standard InChI is InChI=1S/C42H45Cl2FN2O4/c1-40(2,3)23-33-42(29-21-20-27(43)22-31(29)46-38(42)49)34(28-18-13-19-30(44)35(28)45)32(24-48)47(33)36(25-14-9-7-10-15-25)37(26-16-11-8-12-17-26)51-39(50)41(4,5)6/h7-22,32-34,36-37,48H,23-24H2,1-6H3,(H,46,49)/t32-,33+,34-,36?,37+,42-/m0/s1. The van der Waals surface area contributed by atoms with Crippen LogP contribution in [0.4, 0.5) is 10.1 Å². The zero-order chi connectivity index (χ0) is 36.9. The number of nitrogens with one attached hydrogen (secondary N) is 1. The van der Waals surface area contributed by atoms with Gasteiger partial charge in [-0.15, -0.1) is 0 Å². The van der Waals surface area contributed by atoms with Gasteiger partial charge >= 0.3 is 5.97 Å². The number of carbonyl (C=O) groups excluding carboxylic acids is 2. The molecule has 2 heterocycles. The lowest BCUT2D eigenvalue weighted by atomic mass is 9.62. The van der Waals surface area contributed by atoms with Crippen LogP contribution in [-0.2, 0) is 19.7 Å². The molecule has 268 valence electrons. The van der Waals surface area contributed by atoms with Gasteiger partial charge in [-0.25, -0.2) is 4.39 Å². The number of hydrogen-bond donors (Lipinski definition) is 2. The largest absolute Gasteiger partial charge is 0.455 e. The maximum absolute atomic E-state index is 16.6. The molecule has 6 nitrogen and oxygen atoms in total. The van der Waals surface area contributed by atoms with Crippen LogP contribution in [-0.4, -0.2) is 40.6 Å². The van der Waals surface area contributed by atoms with Crippen molar-refractivity contribution in [2.24, 2.45) is 10.8 Å². The summed E-state index contributed by atoms with van der Waals surface area (Å²) in [6.07, 6.45) is -0.429. The van der Waals surface area contributed by atoms with Crippen molar-refractivity contribution in [3.8, 4) is 0 Å². The van der Waals surface area contributed by atoms with E-state index in [1.165, 1.54) is 6.07 Å². The number of hydrogen-bond acceptors (Lipinski definition) is 5. The lowest BCUT2D eigenvalue weighted by Gasteiger charge is -2.45. The Morgan fingerprint density at radius 3 is 2.14 bits per heavy atom. The molecule has 0 bridgehead atoms. The van der Waals surface area contributed by atoms with Gasteiger partial charge in [-0.2, -0.15) is 0 Å². The van der Waals surface area contributed by atoms with Crippen molar-refractivity contribution < 1.29 is 23.8 Å². The van der Waals surface area contributed by atoms with Gasteiger partial charge in [0.15, 0.2) is 0 Å². The molecule has 0 radical (unpaired) electrons. The lowest BCUT2D eigenvalue weighted by Crippen LogP contribution is -2.52. The number of halogens is 3. The van der Waals surface area contributed by atoms with E-state index in [-0.39, 0.29) is 21.9 Å². The van der Waals surface area contributed by atoms with Crippen molar-refractivity contribution in [2.45, 2.75) is 83.5 Å². The Morgan fingerprint density at radius 1 is 0.922 bits per heavy atom. The smallest absolute Gasteiger partial charge is 0.311 e. The molecule has 1 fully saturated rings. The summed E-state index contributed by atoms with van der Waals surface area (Å²) in [5.41, 5.74) is 0.340. The number of anilines is 1. The summed E-state index contributed by atoms with van der Waals surface area (Å²) in [7, 11) is 0. The predicted molar refractivity (Wildman–Crippen MR) is 200 cm³/mol. The van der Waals surface area contributed by atoms with Crippen LogP contribution in [0.3, 0.4) is 0 Å². The van der Waals surface area contributed by atoms with Crippen LogP contribution in [0.1, 0.15) is 88.3 Å². The van der Waals surface area contributed by atoms with Gasteiger partial charge in [0, 0.05) is 28.7 Å². The average Bonchev–Trinajstić information content (AvgIpc) is 3.51. The van der Waals surface area contributed by atoms with E-state index in [1.807, 2.05) is 87.5 Å². The van der Waals surface area contributed by atoms with E-state index < -0.39 is 59.4 Å². The highest BCUT2D eigenvalue weighted by Gasteiger charge is 2.69. The Labute approximate surface area is 309 Å². The van der Waals surface area contributed by atoms with Gasteiger partial charge in [0.25, 0.3) is 0 Å². The molecule has 0 aromatic heterocycles. The molecule has 2 aliphatic rings. The van der Waals surface area contributed by atoms with E-state index in [0.29, 0.717) is 22.7 Å². The summed E-state index contributed by atoms with van der Waals surface area (Å²) < 4.78 is 23.1. The predicted octanol–water partition coefficient (Wildman–Crippen LogP) is 9.66. The molecular formula is C42H45Cl2FN2O4. The minimum absolute atomic E-state index is 0.0826. The number of aliphatic hydroxyl groups excluding tert-OH is 1. The highest BCUT2D eigenvalue weighted by molar-refractivity contribution is 6.31. The second-order valence-corrected chi connectivity index (χ2v) is 16.8. The molecule has 0 saturated carbocycles. The number of amides is 1. The lowest BCUT2D eigenvalue weighted by molar-refractivity contribution is -0.165. The fraction of sp³-hybridized carbons (Fsp3) is 0.381. The number of fused-ring (bicyclic) bond motifs is 2. The van der Waals surface area contributed by atoms with Crippen molar-refractivity contribution in [1.29, 1.82) is 0 Å². The first-order valence-corrected chi connectivity index (χ1v) is 18.1. The van der Waals surface area contributed by atoms with Gasteiger partial charge in [0.1, 0.15) is 17.3 Å². The number of likely N-dealkylation sites (tertiary alicyclic amines) is 1. The van der Waals surface area contributed by atoms with Crippen molar-refractivity contribution in [1.82, 2.24) is 4.90 Å². The second kappa shape index (κ2) is 14.0. The molecule has 9 heteroatoms. The third kappa shape index (κ3) is 6.70. The quantitative estimate of drug-likeness (QED) is 0.177. The topological polar surface area (TPSA) is 78.9 Å². The molecule has 6 rings (SSSR count). The van der Waals surface area contributed by atoms with Crippen molar-refractivity contribution in [2.75, 3.05) is 11.9 Å². The number of esters is 1. The summed E-state index contributed by atoms with van der Waals surface area (Å²) in [5.74, 6) is -2.30. The fourth-order valence-corrected chi connectivity index (χ4v) is 8.53. The third-order valence-corrected chi connectivity index (χ3v) is 10.8. The summed E-state index contributed by atoms with van der Waals surface area (Å²) in [4.78, 5) is 31.1. The van der Waals surface area contributed by atoms with Gasteiger partial charge in [0.2, 0.25) is 5.91 Å². The minimum Gasteiger partial charge on any atom is -0.455 e. The number of aliphatic hydroxyl groups is 1. The van der Waals surface area contributed by atoms with Crippen LogP contribution in [0.25, 0.3) is 0 Å². The Morgan fingerprint density at radius 2 is 1.55 bits per heavy atom. The van der Waals surface area contributed by atoms with Crippen LogP contribution in [0.2, 0.25) is 10.0 Å². The van der Waals surface area contributed by atoms with Crippen molar-refractivity contribution in [3.05, 3.63) is 135 Å². The first-order valence-electron chi connectivity index (χ1n) is 17.3. The molecule has 1 unspecified atom stereocenters. The van der Waals surface area contributed by atoms with Crippen LogP contribution in [0, 0.1) is 16.6 Å². The van der Waals surface area contributed by atoms with Gasteiger partial charge < -0.3 is 15.2 Å². The van der Waals surface area contributed by atoms with Crippen LogP contribution < -0.4 is 5.32 Å². The summed E-state index contributed by atoms with van der Waals surface area (Å²) >= 11 is 13.0. The highest BCUT2D eigenvalue weighted by atomic mass is 35.5. The Bertz CT molecular complexity index is 1910. The van der Waals surface area contributed by atoms with Crippen molar-refractivity contribution >= 4 is 40.8 Å². The molecule has 4 aromatic rings. The number of rotatable bonds is 8. The average molecular weight is 732 g/mol. The highest BCUT2D eigenvalue weighted by Crippen LogP contribution is 2.63. The first-order chi connectivity index (χ1) is 24.1. The van der Waals surface area contributed by atoms with Gasteiger partial charge in [-0.3, -0.25) is 14.5 Å². The molecule has 2 aliphatic heterocycles. The molecular weight excluding hydrogens is 686 g/mol. The summed E-state index contributed by atoms with van der Waals surface area (Å²) in [6.45, 7) is 11.3. The van der Waals surface area contributed by atoms with Crippen LogP contribution in [0.15, 0.2) is 97.1 Å². The molecule has 1 saturated heterocycles. The van der Waals surface area contributed by atoms with Gasteiger partial charge in [-0.1, -0.05) is 123 Å². The maximum Gasteiger partial charge on any atom is 0.311 e. The molecule has 4 aromatic carbocycles. The SMILES string of the molecule is CC(C)(C)C[C@H]1N(C(c2ccccc2)[C@H](OC(=O)C(C)(C)C)c2ccccc2)[C@@H](CO)[C@H](c2cccc(Cl)c2F)[C@@]12C(=O)Nc1cc(Cl)ccc12. The number of nitrogens with zero attached hydrogens (tertiary/aromatic N) is 1. The molecule has 51 heavy (non-hydrogen) atoms. The molecule has 1 spiro atoms. The Hall–Kier alpha value is -3.75. The number of carbonyl (C=O) groups is 2. The minimum atomic E-state index is -1.42. The molecule has 0 aliphatic carbocycles. The van der Waals surface area contributed by atoms with Crippen LogP contribution >= 0.6 is 23.2 Å². The second-order valence-electron chi connectivity index (χ2n) is 16.0. The number of benzene rings is 4. The monoisotopic (exact) mass is 730 g/mol. The molecule has 2 N–H and O–H groups in total. The Balaban J connectivity index is 1.73. The van der Waals surface area contributed by atoms with Gasteiger partial charge in [-0.05, 0) is 73.1 Å². The zero-order valence-corrected chi connectivity index (χ0v) is 31.3. The van der Waals surface area contributed by atoms with E-state index in [2.05, 4.69) is 31.0 Å². The Kier molecular flexibility index (Phi) is 10.2. The summed E-state index contributed by atoms with van der Waals surface area (Å²) in [6, 6.07) is 27.1. The zero-order valence-electron chi connectivity index (χ0n) is 29.8. The first kappa shape index (κ1) is 37.0. The molecule has 1 amide bonds. The molecule has 6 atom stereocenters. The van der Waals surface area contributed by atoms with Crippen LogP contribution in [0.5, 0.6) is 0 Å². The van der Waals surface area contributed by atoms with E-state index in [9.17, 15) is 9.90 Å². The van der Waals surface area contributed by atoms with Gasteiger partial charge in [0.05, 0.1) is 23.1 Å². The maximum atomic E-state index is 16.6. The van der Waals surface area contributed by atoms with E-state index in [0.717, 1.165) is 11.1 Å². The normalized spacial score (nSPS) is 23.2.